The summed E-state index contributed by atoms with van der Waals surface area (Å²) < 4.78 is 0. The van der Waals surface area contributed by atoms with E-state index in [0.717, 1.165) is 5.56 Å². The van der Waals surface area contributed by atoms with Crippen LogP contribution in [-0.4, -0.2) is 23.5 Å². The fourth-order valence-electron chi connectivity index (χ4n) is 1.35. The molecule has 0 bridgehead atoms. The van der Waals surface area contributed by atoms with Crippen molar-refractivity contribution in [2.24, 2.45) is 0 Å². The van der Waals surface area contributed by atoms with Gasteiger partial charge in [-0.05, 0) is 25.5 Å². The minimum absolute atomic E-state index is 0.0435. The van der Waals surface area contributed by atoms with Crippen LogP contribution in [0.15, 0.2) is 18.2 Å². The third-order valence-electron chi connectivity index (χ3n) is 2.22. The second-order valence-corrected chi connectivity index (χ2v) is 4.14. The monoisotopic (exact) mass is 255 g/mol. The lowest BCUT2D eigenvalue weighted by atomic mass is 10.1. The number of aliphatic carboxylic acids is 1. The number of carbonyl (C=O) groups excluding carboxylic acids is 1. The zero-order valence-corrected chi connectivity index (χ0v) is 10.3. The number of carboxylic acids is 1. The standard InChI is InChI=1S/C12H14ClNO3/c1-8-4-5-10(13)9(7-8)12(17)14-6-2-3-11(15)16/h4-5,7H,2-3,6H2,1H3,(H,14,17)(H,15,16). The van der Waals surface area contributed by atoms with Crippen LogP contribution < -0.4 is 5.32 Å². The highest BCUT2D eigenvalue weighted by atomic mass is 35.5. The van der Waals surface area contributed by atoms with Crippen LogP contribution in [-0.2, 0) is 4.79 Å². The zero-order chi connectivity index (χ0) is 12.8. The third-order valence-corrected chi connectivity index (χ3v) is 2.55. The van der Waals surface area contributed by atoms with Gasteiger partial charge in [-0.3, -0.25) is 9.59 Å². The molecule has 92 valence electrons. The molecule has 4 nitrogen and oxygen atoms in total. The van der Waals surface area contributed by atoms with Gasteiger partial charge in [-0.15, -0.1) is 0 Å². The molecule has 1 aromatic rings. The predicted octanol–water partition coefficient (Wildman–Crippen LogP) is 2.24. The fourth-order valence-corrected chi connectivity index (χ4v) is 1.55. The van der Waals surface area contributed by atoms with E-state index in [9.17, 15) is 9.59 Å². The molecule has 5 heteroatoms. The Bertz CT molecular complexity index is 432. The Kier molecular flexibility index (Phi) is 4.97. The number of amides is 1. The van der Waals surface area contributed by atoms with E-state index in [1.54, 1.807) is 12.1 Å². The maximum atomic E-state index is 11.7. The average Bonchev–Trinajstić information content (AvgIpc) is 2.27. The molecule has 0 saturated carbocycles. The molecular formula is C12H14ClNO3. The summed E-state index contributed by atoms with van der Waals surface area (Å²) >= 11 is 5.90. The summed E-state index contributed by atoms with van der Waals surface area (Å²) in [4.78, 5) is 22.0. The lowest BCUT2D eigenvalue weighted by molar-refractivity contribution is -0.137. The first-order valence-electron chi connectivity index (χ1n) is 5.27. The van der Waals surface area contributed by atoms with Crippen LogP contribution in [0.2, 0.25) is 5.02 Å². The van der Waals surface area contributed by atoms with Gasteiger partial charge < -0.3 is 10.4 Å². The van der Waals surface area contributed by atoms with E-state index in [2.05, 4.69) is 5.32 Å². The Labute approximate surface area is 105 Å². The van der Waals surface area contributed by atoms with Gasteiger partial charge in [0.1, 0.15) is 0 Å². The van der Waals surface area contributed by atoms with Crippen molar-refractivity contribution in [2.45, 2.75) is 19.8 Å². The summed E-state index contributed by atoms with van der Waals surface area (Å²) in [6.45, 7) is 2.20. The molecule has 0 atom stereocenters. The van der Waals surface area contributed by atoms with Gasteiger partial charge in [-0.25, -0.2) is 0 Å². The molecule has 1 rings (SSSR count). The number of hydrogen-bond acceptors (Lipinski definition) is 2. The summed E-state index contributed by atoms with van der Waals surface area (Å²) in [6, 6.07) is 5.20. The van der Waals surface area contributed by atoms with Gasteiger partial charge in [-0.1, -0.05) is 23.2 Å². The molecule has 0 fully saturated rings. The number of rotatable bonds is 5. The van der Waals surface area contributed by atoms with Crippen LogP contribution in [0, 0.1) is 6.92 Å². The van der Waals surface area contributed by atoms with E-state index >= 15 is 0 Å². The van der Waals surface area contributed by atoms with Crippen molar-refractivity contribution >= 4 is 23.5 Å². The van der Waals surface area contributed by atoms with Gasteiger partial charge in [0.2, 0.25) is 0 Å². The lowest BCUT2D eigenvalue weighted by Gasteiger charge is -2.06. The van der Waals surface area contributed by atoms with Gasteiger partial charge >= 0.3 is 5.97 Å². The van der Waals surface area contributed by atoms with E-state index in [1.807, 2.05) is 13.0 Å². The molecule has 1 aromatic carbocycles. The number of carboxylic acid groups (broad SMARTS) is 1. The Morgan fingerprint density at radius 3 is 2.76 bits per heavy atom. The van der Waals surface area contributed by atoms with Crippen molar-refractivity contribution in [2.75, 3.05) is 6.54 Å². The molecule has 0 radical (unpaired) electrons. The number of aryl methyl sites for hydroxylation is 1. The van der Waals surface area contributed by atoms with Crippen LogP contribution in [0.5, 0.6) is 0 Å². The molecular weight excluding hydrogens is 242 g/mol. The van der Waals surface area contributed by atoms with Crippen molar-refractivity contribution in [1.29, 1.82) is 0 Å². The molecule has 17 heavy (non-hydrogen) atoms. The molecule has 0 aliphatic carbocycles. The summed E-state index contributed by atoms with van der Waals surface area (Å²) in [6.07, 6.45) is 0.451. The van der Waals surface area contributed by atoms with E-state index in [-0.39, 0.29) is 12.3 Å². The normalized spacial score (nSPS) is 10.0. The number of hydrogen-bond donors (Lipinski definition) is 2. The first kappa shape index (κ1) is 13.5. The topological polar surface area (TPSA) is 66.4 Å². The quantitative estimate of drug-likeness (QED) is 0.793. The van der Waals surface area contributed by atoms with E-state index in [1.165, 1.54) is 0 Å². The summed E-state index contributed by atoms with van der Waals surface area (Å²) in [5, 5.41) is 11.5. The van der Waals surface area contributed by atoms with E-state index in [4.69, 9.17) is 16.7 Å². The third kappa shape index (κ3) is 4.44. The van der Waals surface area contributed by atoms with E-state index in [0.29, 0.717) is 23.6 Å². The van der Waals surface area contributed by atoms with Crippen molar-refractivity contribution < 1.29 is 14.7 Å². The van der Waals surface area contributed by atoms with Crippen LogP contribution >= 0.6 is 11.6 Å². The van der Waals surface area contributed by atoms with Crippen molar-refractivity contribution in [3.05, 3.63) is 34.3 Å². The maximum absolute atomic E-state index is 11.7. The van der Waals surface area contributed by atoms with Crippen LogP contribution in [0.4, 0.5) is 0 Å². The Morgan fingerprint density at radius 1 is 1.41 bits per heavy atom. The molecule has 1 amide bonds. The van der Waals surface area contributed by atoms with Crippen molar-refractivity contribution in [1.82, 2.24) is 5.32 Å². The van der Waals surface area contributed by atoms with Gasteiger partial charge in [-0.2, -0.15) is 0 Å². The Morgan fingerprint density at radius 2 is 2.12 bits per heavy atom. The Balaban J connectivity index is 2.52. The van der Waals surface area contributed by atoms with Gasteiger partial charge in [0.15, 0.2) is 0 Å². The Hall–Kier alpha value is -1.55. The highest BCUT2D eigenvalue weighted by Crippen LogP contribution is 2.17. The smallest absolute Gasteiger partial charge is 0.303 e. The summed E-state index contributed by atoms with van der Waals surface area (Å²) in [5.74, 6) is -1.14. The predicted molar refractivity (Wildman–Crippen MR) is 65.4 cm³/mol. The number of halogens is 1. The van der Waals surface area contributed by atoms with Gasteiger partial charge in [0.25, 0.3) is 5.91 Å². The molecule has 0 aliphatic heterocycles. The van der Waals surface area contributed by atoms with Crippen molar-refractivity contribution in [3.8, 4) is 0 Å². The molecule has 0 aromatic heterocycles. The number of nitrogens with one attached hydrogen (secondary N) is 1. The molecule has 0 heterocycles. The SMILES string of the molecule is Cc1ccc(Cl)c(C(=O)NCCCC(=O)O)c1. The summed E-state index contributed by atoms with van der Waals surface area (Å²) in [7, 11) is 0. The van der Waals surface area contributed by atoms with Crippen LogP contribution in [0.1, 0.15) is 28.8 Å². The van der Waals surface area contributed by atoms with Crippen molar-refractivity contribution in [3.63, 3.8) is 0 Å². The van der Waals surface area contributed by atoms with Crippen LogP contribution in [0.3, 0.4) is 0 Å². The molecule has 0 spiro atoms. The fraction of sp³-hybridized carbons (Fsp3) is 0.333. The maximum Gasteiger partial charge on any atom is 0.303 e. The molecule has 0 aliphatic rings. The largest absolute Gasteiger partial charge is 0.481 e. The minimum Gasteiger partial charge on any atom is -0.481 e. The minimum atomic E-state index is -0.868. The second kappa shape index (κ2) is 6.25. The summed E-state index contributed by atoms with van der Waals surface area (Å²) in [5.41, 5.74) is 1.37. The van der Waals surface area contributed by atoms with Gasteiger partial charge in [0.05, 0.1) is 10.6 Å². The molecule has 0 saturated heterocycles. The molecule has 2 N–H and O–H groups in total. The first-order chi connectivity index (χ1) is 8.00. The number of carbonyl (C=O) groups is 2. The highest BCUT2D eigenvalue weighted by Gasteiger charge is 2.09. The second-order valence-electron chi connectivity index (χ2n) is 3.74. The van der Waals surface area contributed by atoms with E-state index < -0.39 is 5.97 Å². The van der Waals surface area contributed by atoms with Gasteiger partial charge in [0, 0.05) is 13.0 Å². The average molecular weight is 256 g/mol. The number of benzene rings is 1. The first-order valence-corrected chi connectivity index (χ1v) is 5.64. The van der Waals surface area contributed by atoms with Crippen LogP contribution in [0.25, 0.3) is 0 Å². The molecule has 0 unspecified atom stereocenters. The highest BCUT2D eigenvalue weighted by molar-refractivity contribution is 6.33. The zero-order valence-electron chi connectivity index (χ0n) is 9.50. The lowest BCUT2D eigenvalue weighted by Crippen LogP contribution is -2.25.